The average Bonchev–Trinajstić information content (AvgIpc) is 2.41. The number of fused-ring (bicyclic) bond motifs is 2. The van der Waals surface area contributed by atoms with E-state index in [1.807, 2.05) is 4.90 Å². The van der Waals surface area contributed by atoms with Gasteiger partial charge in [-0.2, -0.15) is 0 Å². The van der Waals surface area contributed by atoms with Crippen LogP contribution in [0.4, 0.5) is 0 Å². The lowest BCUT2D eigenvalue weighted by Gasteiger charge is -2.56. The largest absolute Gasteiger partial charge is 0.339 e. The third-order valence-corrected chi connectivity index (χ3v) is 6.09. The number of hydrogen-bond acceptors (Lipinski definition) is 1. The van der Waals surface area contributed by atoms with E-state index in [4.69, 9.17) is 0 Å². The predicted molar refractivity (Wildman–Crippen MR) is 69.3 cm³/mol. The van der Waals surface area contributed by atoms with E-state index in [0.717, 1.165) is 37.3 Å². The molecule has 1 unspecified atom stereocenters. The molecule has 0 spiro atoms. The Morgan fingerprint density at radius 2 is 1.89 bits per heavy atom. The number of hydrogen-bond donors (Lipinski definition) is 1. The molecule has 1 amide bonds. The van der Waals surface area contributed by atoms with Crippen LogP contribution in [0.15, 0.2) is 0 Å². The van der Waals surface area contributed by atoms with Gasteiger partial charge in [0, 0.05) is 30.8 Å². The number of quaternary nitrogens is 1. The molecule has 1 N–H and O–H groups in total. The fraction of sp³-hybridized carbons (Fsp3) is 0.933. The number of piperidine rings is 4. The number of amides is 1. The van der Waals surface area contributed by atoms with Crippen molar-refractivity contribution < 1.29 is 9.69 Å². The Morgan fingerprint density at radius 1 is 1.06 bits per heavy atom. The van der Waals surface area contributed by atoms with Crippen LogP contribution < -0.4 is 4.90 Å². The highest BCUT2D eigenvalue weighted by Crippen LogP contribution is 2.39. The monoisotopic (exact) mass is 249 g/mol. The molecule has 4 aliphatic rings. The molecular formula is C15H25N2O+. The normalized spacial score (nSPS) is 47.4. The van der Waals surface area contributed by atoms with Crippen LogP contribution >= 0.6 is 0 Å². The maximum absolute atomic E-state index is 12.2. The van der Waals surface area contributed by atoms with Gasteiger partial charge in [0.05, 0.1) is 19.1 Å². The van der Waals surface area contributed by atoms with Crippen molar-refractivity contribution in [2.24, 2.45) is 11.8 Å². The molecule has 4 saturated heterocycles. The first-order chi connectivity index (χ1) is 8.84. The fourth-order valence-electron chi connectivity index (χ4n) is 5.48. The molecule has 100 valence electrons. The van der Waals surface area contributed by atoms with Gasteiger partial charge in [-0.15, -0.1) is 0 Å². The number of rotatable bonds is 0. The van der Waals surface area contributed by atoms with E-state index in [0.29, 0.717) is 11.9 Å². The first-order valence-corrected chi connectivity index (χ1v) is 7.98. The summed E-state index contributed by atoms with van der Waals surface area (Å²) < 4.78 is 0. The predicted octanol–water partition coefficient (Wildman–Crippen LogP) is 0.455. The fourth-order valence-corrected chi connectivity index (χ4v) is 5.48. The molecule has 0 aromatic rings. The second-order valence-electron chi connectivity index (χ2n) is 6.90. The molecule has 0 bridgehead atoms. The van der Waals surface area contributed by atoms with Gasteiger partial charge in [-0.1, -0.05) is 0 Å². The number of carbonyl (C=O) groups excluding carboxylic acids is 1. The molecule has 0 saturated carbocycles. The molecule has 0 aromatic heterocycles. The zero-order valence-electron chi connectivity index (χ0n) is 11.2. The summed E-state index contributed by atoms with van der Waals surface area (Å²) in [6.45, 7) is 3.89. The third-order valence-electron chi connectivity index (χ3n) is 6.09. The van der Waals surface area contributed by atoms with E-state index < -0.39 is 0 Å². The van der Waals surface area contributed by atoms with Crippen LogP contribution in [0, 0.1) is 11.8 Å². The summed E-state index contributed by atoms with van der Waals surface area (Å²) >= 11 is 0. The van der Waals surface area contributed by atoms with E-state index in [9.17, 15) is 4.79 Å². The maximum Gasteiger partial charge on any atom is 0.222 e. The molecule has 3 nitrogen and oxygen atoms in total. The van der Waals surface area contributed by atoms with Gasteiger partial charge < -0.3 is 9.80 Å². The Morgan fingerprint density at radius 3 is 2.78 bits per heavy atom. The summed E-state index contributed by atoms with van der Waals surface area (Å²) in [7, 11) is 0. The van der Waals surface area contributed by atoms with Crippen molar-refractivity contribution in [3.63, 3.8) is 0 Å². The Labute approximate surface area is 110 Å². The molecule has 3 heteroatoms. The van der Waals surface area contributed by atoms with Gasteiger partial charge in [0.1, 0.15) is 0 Å². The molecule has 18 heavy (non-hydrogen) atoms. The third kappa shape index (κ3) is 1.56. The van der Waals surface area contributed by atoms with Crippen LogP contribution in [0.5, 0.6) is 0 Å². The van der Waals surface area contributed by atoms with E-state index >= 15 is 0 Å². The molecule has 4 rings (SSSR count). The summed E-state index contributed by atoms with van der Waals surface area (Å²) in [5, 5.41) is 0. The molecule has 4 fully saturated rings. The Kier molecular flexibility index (Phi) is 2.65. The zero-order chi connectivity index (χ0) is 12.1. The van der Waals surface area contributed by atoms with Crippen molar-refractivity contribution in [3.8, 4) is 0 Å². The van der Waals surface area contributed by atoms with Gasteiger partial charge in [0.15, 0.2) is 0 Å². The van der Waals surface area contributed by atoms with Gasteiger partial charge >= 0.3 is 0 Å². The lowest BCUT2D eigenvalue weighted by atomic mass is 9.68. The quantitative estimate of drug-likeness (QED) is 0.662. The van der Waals surface area contributed by atoms with Crippen molar-refractivity contribution >= 4 is 5.91 Å². The summed E-state index contributed by atoms with van der Waals surface area (Å²) in [6, 6.07) is 1.51. The first-order valence-electron chi connectivity index (χ1n) is 7.98. The van der Waals surface area contributed by atoms with Gasteiger partial charge in [0.2, 0.25) is 5.91 Å². The van der Waals surface area contributed by atoms with Crippen molar-refractivity contribution in [1.29, 1.82) is 0 Å². The smallest absolute Gasteiger partial charge is 0.222 e. The second kappa shape index (κ2) is 4.22. The maximum atomic E-state index is 12.2. The first kappa shape index (κ1) is 11.3. The summed E-state index contributed by atoms with van der Waals surface area (Å²) in [5.41, 5.74) is 0. The SMILES string of the molecule is O=C1CCC[C@@H]2[C@H]3CCC[NH+]4CCC[C@H](CN12)[C@@H]34. The lowest BCUT2D eigenvalue weighted by molar-refractivity contribution is -0.946. The highest BCUT2D eigenvalue weighted by molar-refractivity contribution is 5.77. The van der Waals surface area contributed by atoms with Crippen LogP contribution in [0.3, 0.4) is 0 Å². The standard InChI is InChI=1S/C15H24N2O/c18-14-7-1-6-13-12-5-3-9-16-8-2-4-11(15(12)16)10-17(13)14/h11-13,15H,1-10H2/p+1/t11-,12-,13-,15+/m1/s1. The van der Waals surface area contributed by atoms with Crippen molar-refractivity contribution in [2.45, 2.75) is 57.0 Å². The molecule has 0 aromatic carbocycles. The van der Waals surface area contributed by atoms with Gasteiger partial charge in [-0.05, 0) is 38.5 Å². The number of nitrogens with one attached hydrogen (secondary N) is 1. The molecule has 5 atom stereocenters. The number of nitrogens with zero attached hydrogens (tertiary/aromatic N) is 1. The van der Waals surface area contributed by atoms with Crippen molar-refractivity contribution in [3.05, 3.63) is 0 Å². The molecular weight excluding hydrogens is 224 g/mol. The van der Waals surface area contributed by atoms with Crippen LogP contribution in [-0.2, 0) is 4.79 Å². The van der Waals surface area contributed by atoms with E-state index in [-0.39, 0.29) is 0 Å². The van der Waals surface area contributed by atoms with Gasteiger partial charge in [0.25, 0.3) is 0 Å². The summed E-state index contributed by atoms with van der Waals surface area (Å²) in [4.78, 5) is 16.4. The average molecular weight is 249 g/mol. The highest BCUT2D eigenvalue weighted by atomic mass is 16.2. The van der Waals surface area contributed by atoms with Gasteiger partial charge in [-0.3, -0.25) is 4.79 Å². The Hall–Kier alpha value is -0.570. The van der Waals surface area contributed by atoms with Crippen LogP contribution in [-0.4, -0.2) is 42.5 Å². The summed E-state index contributed by atoms with van der Waals surface area (Å²) in [5.74, 6) is 2.11. The Balaban J connectivity index is 1.66. The minimum absolute atomic E-state index is 0.461. The molecule has 0 radical (unpaired) electrons. The molecule has 4 heterocycles. The minimum Gasteiger partial charge on any atom is -0.339 e. The zero-order valence-corrected chi connectivity index (χ0v) is 11.2. The van der Waals surface area contributed by atoms with Crippen molar-refractivity contribution in [2.75, 3.05) is 19.6 Å². The molecule has 0 aliphatic carbocycles. The highest BCUT2D eigenvalue weighted by Gasteiger charge is 2.52. The minimum atomic E-state index is 0.461. The van der Waals surface area contributed by atoms with Crippen LogP contribution in [0.2, 0.25) is 0 Å². The topological polar surface area (TPSA) is 24.8 Å². The molecule has 4 aliphatic heterocycles. The van der Waals surface area contributed by atoms with Crippen molar-refractivity contribution in [1.82, 2.24) is 4.90 Å². The lowest BCUT2D eigenvalue weighted by Crippen LogP contribution is -3.20. The summed E-state index contributed by atoms with van der Waals surface area (Å²) in [6.07, 6.45) is 8.78. The van der Waals surface area contributed by atoms with E-state index in [1.165, 1.54) is 45.2 Å². The van der Waals surface area contributed by atoms with Crippen LogP contribution in [0.1, 0.15) is 44.9 Å². The van der Waals surface area contributed by atoms with E-state index in [1.54, 1.807) is 0 Å². The van der Waals surface area contributed by atoms with Gasteiger partial charge in [-0.25, -0.2) is 0 Å². The second-order valence-corrected chi connectivity index (χ2v) is 6.90. The number of carbonyl (C=O) groups is 1. The van der Waals surface area contributed by atoms with Crippen LogP contribution in [0.25, 0.3) is 0 Å². The Bertz CT molecular complexity index is 354. The van der Waals surface area contributed by atoms with E-state index in [2.05, 4.69) is 4.90 Å².